The summed E-state index contributed by atoms with van der Waals surface area (Å²) < 4.78 is 1.91. The van der Waals surface area contributed by atoms with E-state index in [1.807, 2.05) is 53.8 Å². The maximum absolute atomic E-state index is 12.8. The van der Waals surface area contributed by atoms with Crippen molar-refractivity contribution in [3.05, 3.63) is 47.3 Å². The second kappa shape index (κ2) is 7.65. The Bertz CT molecular complexity index is 673. The van der Waals surface area contributed by atoms with E-state index in [-0.39, 0.29) is 5.91 Å². The molecule has 0 atom stereocenters. The van der Waals surface area contributed by atoms with Crippen LogP contribution in [0.5, 0.6) is 0 Å². The quantitative estimate of drug-likeness (QED) is 0.796. The molecule has 0 spiro atoms. The summed E-state index contributed by atoms with van der Waals surface area (Å²) in [5, 5.41) is 4.49. The average Bonchev–Trinajstić information content (AvgIpc) is 2.84. The van der Waals surface area contributed by atoms with Crippen molar-refractivity contribution in [2.75, 3.05) is 13.1 Å². The van der Waals surface area contributed by atoms with Gasteiger partial charge >= 0.3 is 0 Å². The Morgan fingerprint density at radius 1 is 1.04 bits per heavy atom. The standard InChI is InChI=1S/C20H29N3O/c1-14(2)12-22(13-15(3)4)20(24)18-7-9-19(10-8-18)23-17(6)11-16(5)21-23/h7-11,14-15H,12-13H2,1-6H3. The number of amides is 1. The van der Waals surface area contributed by atoms with E-state index in [2.05, 4.69) is 32.8 Å². The second-order valence-electron chi connectivity index (χ2n) is 7.38. The van der Waals surface area contributed by atoms with Crippen LogP contribution in [0.4, 0.5) is 0 Å². The van der Waals surface area contributed by atoms with Gasteiger partial charge in [-0.05, 0) is 56.0 Å². The van der Waals surface area contributed by atoms with Gasteiger partial charge in [-0.15, -0.1) is 0 Å². The van der Waals surface area contributed by atoms with Gasteiger partial charge in [0.2, 0.25) is 0 Å². The molecule has 0 N–H and O–H groups in total. The van der Waals surface area contributed by atoms with Gasteiger partial charge in [0.15, 0.2) is 0 Å². The smallest absolute Gasteiger partial charge is 0.253 e. The molecule has 0 aliphatic rings. The van der Waals surface area contributed by atoms with Crippen LogP contribution in [0.2, 0.25) is 0 Å². The highest BCUT2D eigenvalue weighted by Gasteiger charge is 2.18. The minimum atomic E-state index is 0.109. The SMILES string of the molecule is Cc1cc(C)n(-c2ccc(C(=O)N(CC(C)C)CC(C)C)cc2)n1. The minimum absolute atomic E-state index is 0.109. The highest BCUT2D eigenvalue weighted by Crippen LogP contribution is 2.15. The fourth-order valence-corrected chi connectivity index (χ4v) is 2.94. The molecule has 0 aliphatic carbocycles. The molecule has 130 valence electrons. The van der Waals surface area contributed by atoms with E-state index < -0.39 is 0 Å². The molecule has 0 unspecified atom stereocenters. The van der Waals surface area contributed by atoms with Gasteiger partial charge in [-0.25, -0.2) is 4.68 Å². The van der Waals surface area contributed by atoms with Crippen molar-refractivity contribution >= 4 is 5.91 Å². The number of rotatable bonds is 6. The number of nitrogens with zero attached hydrogens (tertiary/aromatic N) is 3. The fourth-order valence-electron chi connectivity index (χ4n) is 2.94. The number of hydrogen-bond donors (Lipinski definition) is 0. The summed E-state index contributed by atoms with van der Waals surface area (Å²) in [5.41, 5.74) is 3.80. The molecule has 0 radical (unpaired) electrons. The lowest BCUT2D eigenvalue weighted by Crippen LogP contribution is -2.37. The van der Waals surface area contributed by atoms with Crippen molar-refractivity contribution < 1.29 is 4.79 Å². The molecule has 4 nitrogen and oxygen atoms in total. The minimum Gasteiger partial charge on any atom is -0.338 e. The van der Waals surface area contributed by atoms with Crippen LogP contribution in [-0.2, 0) is 0 Å². The Morgan fingerprint density at radius 3 is 2.00 bits per heavy atom. The Morgan fingerprint density at radius 2 is 1.58 bits per heavy atom. The third kappa shape index (κ3) is 4.47. The zero-order valence-corrected chi connectivity index (χ0v) is 15.7. The van der Waals surface area contributed by atoms with E-state index >= 15 is 0 Å². The summed E-state index contributed by atoms with van der Waals surface area (Å²) in [6.07, 6.45) is 0. The molecule has 1 heterocycles. The lowest BCUT2D eigenvalue weighted by Gasteiger charge is -2.26. The Kier molecular flexibility index (Phi) is 5.81. The normalized spacial score (nSPS) is 11.3. The van der Waals surface area contributed by atoms with E-state index in [1.54, 1.807) is 0 Å². The molecule has 1 aromatic carbocycles. The zero-order valence-electron chi connectivity index (χ0n) is 15.7. The van der Waals surface area contributed by atoms with Crippen LogP contribution in [0.25, 0.3) is 5.69 Å². The van der Waals surface area contributed by atoms with Crippen molar-refractivity contribution in [2.45, 2.75) is 41.5 Å². The molecule has 0 saturated carbocycles. The first-order chi connectivity index (χ1) is 11.3. The second-order valence-corrected chi connectivity index (χ2v) is 7.38. The summed E-state index contributed by atoms with van der Waals surface area (Å²) in [6.45, 7) is 14.2. The van der Waals surface area contributed by atoms with Gasteiger partial charge in [0, 0.05) is 24.3 Å². The molecule has 24 heavy (non-hydrogen) atoms. The van der Waals surface area contributed by atoms with Crippen LogP contribution in [0.15, 0.2) is 30.3 Å². The molecule has 0 saturated heterocycles. The van der Waals surface area contributed by atoms with E-state index in [9.17, 15) is 4.79 Å². The first-order valence-corrected chi connectivity index (χ1v) is 8.71. The van der Waals surface area contributed by atoms with Gasteiger partial charge in [-0.3, -0.25) is 4.79 Å². The van der Waals surface area contributed by atoms with Crippen molar-refractivity contribution in [3.63, 3.8) is 0 Å². The topological polar surface area (TPSA) is 38.1 Å². The largest absolute Gasteiger partial charge is 0.338 e. The molecule has 4 heteroatoms. The van der Waals surface area contributed by atoms with Crippen LogP contribution in [-0.4, -0.2) is 33.7 Å². The summed E-state index contributed by atoms with van der Waals surface area (Å²) in [5.74, 6) is 1.03. The van der Waals surface area contributed by atoms with Crippen molar-refractivity contribution in [1.29, 1.82) is 0 Å². The third-order valence-electron chi connectivity index (χ3n) is 3.83. The predicted octanol–water partition coefficient (Wildman–Crippen LogP) is 4.24. The lowest BCUT2D eigenvalue weighted by molar-refractivity contribution is 0.0715. The lowest BCUT2D eigenvalue weighted by atomic mass is 10.1. The zero-order chi connectivity index (χ0) is 17.9. The first-order valence-electron chi connectivity index (χ1n) is 8.71. The van der Waals surface area contributed by atoms with Crippen LogP contribution in [0.3, 0.4) is 0 Å². The van der Waals surface area contributed by atoms with Crippen LogP contribution < -0.4 is 0 Å². The number of carbonyl (C=O) groups excluding carboxylic acids is 1. The number of aromatic nitrogens is 2. The number of hydrogen-bond acceptors (Lipinski definition) is 2. The van der Waals surface area contributed by atoms with Crippen molar-refractivity contribution in [2.24, 2.45) is 11.8 Å². The van der Waals surface area contributed by atoms with E-state index in [0.717, 1.165) is 35.7 Å². The van der Waals surface area contributed by atoms with Crippen molar-refractivity contribution in [1.82, 2.24) is 14.7 Å². The third-order valence-corrected chi connectivity index (χ3v) is 3.83. The van der Waals surface area contributed by atoms with E-state index in [0.29, 0.717) is 11.8 Å². The molecule has 0 aliphatic heterocycles. The molecular weight excluding hydrogens is 298 g/mol. The van der Waals surface area contributed by atoms with Gasteiger partial charge in [0.25, 0.3) is 5.91 Å². The highest BCUT2D eigenvalue weighted by molar-refractivity contribution is 5.94. The molecule has 2 rings (SSSR count). The van der Waals surface area contributed by atoms with Gasteiger partial charge in [0.1, 0.15) is 0 Å². The number of aryl methyl sites for hydroxylation is 2. The Hall–Kier alpha value is -2.10. The van der Waals surface area contributed by atoms with Crippen molar-refractivity contribution in [3.8, 4) is 5.69 Å². The first kappa shape index (κ1) is 18.2. The predicted molar refractivity (Wildman–Crippen MR) is 98.6 cm³/mol. The highest BCUT2D eigenvalue weighted by atomic mass is 16.2. The van der Waals surface area contributed by atoms with Crippen LogP contribution >= 0.6 is 0 Å². The van der Waals surface area contributed by atoms with E-state index in [1.165, 1.54) is 0 Å². The molecular formula is C20H29N3O. The summed E-state index contributed by atoms with van der Waals surface area (Å²) in [7, 11) is 0. The van der Waals surface area contributed by atoms with Gasteiger partial charge < -0.3 is 4.90 Å². The maximum atomic E-state index is 12.8. The summed E-state index contributed by atoms with van der Waals surface area (Å²) >= 11 is 0. The van der Waals surface area contributed by atoms with E-state index in [4.69, 9.17) is 0 Å². The molecule has 1 aromatic heterocycles. The summed E-state index contributed by atoms with van der Waals surface area (Å²) in [4.78, 5) is 14.8. The molecule has 0 fully saturated rings. The number of carbonyl (C=O) groups is 1. The Balaban J connectivity index is 2.21. The van der Waals surface area contributed by atoms with Crippen LogP contribution in [0.1, 0.15) is 49.4 Å². The average molecular weight is 327 g/mol. The number of benzene rings is 1. The molecule has 2 aromatic rings. The monoisotopic (exact) mass is 327 g/mol. The molecule has 0 bridgehead atoms. The van der Waals surface area contributed by atoms with Crippen LogP contribution in [0, 0.1) is 25.7 Å². The molecule has 1 amide bonds. The van der Waals surface area contributed by atoms with Gasteiger partial charge in [0.05, 0.1) is 11.4 Å². The maximum Gasteiger partial charge on any atom is 0.253 e. The van der Waals surface area contributed by atoms with Gasteiger partial charge in [-0.2, -0.15) is 5.10 Å². The Labute approximate surface area is 145 Å². The van der Waals surface area contributed by atoms with Gasteiger partial charge in [-0.1, -0.05) is 27.7 Å². The summed E-state index contributed by atoms with van der Waals surface area (Å²) in [6, 6.07) is 9.79. The fraction of sp³-hybridized carbons (Fsp3) is 0.500.